The first-order valence-electron chi connectivity index (χ1n) is 9.47. The number of ether oxygens (including phenoxy) is 1. The predicted molar refractivity (Wildman–Crippen MR) is 118 cm³/mol. The van der Waals surface area contributed by atoms with Gasteiger partial charge in [-0.05, 0) is 23.8 Å². The summed E-state index contributed by atoms with van der Waals surface area (Å²) in [6, 6.07) is 14.8. The highest BCUT2D eigenvalue weighted by molar-refractivity contribution is 8.00. The second-order valence-electron chi connectivity index (χ2n) is 7.52. The molecule has 0 bridgehead atoms. The van der Waals surface area contributed by atoms with Crippen LogP contribution in [0.3, 0.4) is 0 Å². The fourth-order valence-corrected chi connectivity index (χ4v) is 4.36. The number of ketones is 1. The zero-order valence-corrected chi connectivity index (χ0v) is 18.0. The Bertz CT molecular complexity index is 1030. The monoisotopic (exact) mass is 424 g/mol. The Labute approximate surface area is 180 Å². The molecule has 0 atom stereocenters. The summed E-state index contributed by atoms with van der Waals surface area (Å²) in [6.45, 7) is 3.76. The smallest absolute Gasteiger partial charge is 0.339 e. The molecule has 0 unspecified atom stereocenters. The number of likely N-dealkylation sites (N-methyl/N-ethyl adjacent to an activating group) is 1. The number of nitrogens with two attached hydrogens (primary N) is 1. The summed E-state index contributed by atoms with van der Waals surface area (Å²) >= 11 is 1.16. The van der Waals surface area contributed by atoms with Gasteiger partial charge in [-0.25, -0.2) is 4.79 Å². The number of hydrogen-bond acceptors (Lipinski definition) is 6. The Balaban J connectivity index is 1.70. The quantitative estimate of drug-likeness (QED) is 0.417. The average Bonchev–Trinajstić information content (AvgIpc) is 2.91. The molecule has 0 fully saturated rings. The molecule has 0 spiro atoms. The number of hydrogen-bond donors (Lipinski definition) is 1. The lowest BCUT2D eigenvalue weighted by Gasteiger charge is -2.23. The molecule has 30 heavy (non-hydrogen) atoms. The minimum absolute atomic E-state index is 0.0529. The molecule has 2 aromatic rings. The zero-order chi connectivity index (χ0) is 21.9. The van der Waals surface area contributed by atoms with Gasteiger partial charge in [-0.1, -0.05) is 44.2 Å². The first-order chi connectivity index (χ1) is 14.2. The highest BCUT2D eigenvalue weighted by Crippen LogP contribution is 2.46. The van der Waals surface area contributed by atoms with Gasteiger partial charge in [0, 0.05) is 34.8 Å². The highest BCUT2D eigenvalue weighted by atomic mass is 32.2. The molecule has 0 saturated carbocycles. The number of carbonyl (C=O) groups is 3. The van der Waals surface area contributed by atoms with E-state index in [1.54, 1.807) is 30.3 Å². The standard InChI is InChI=1S/C23H24N2O4S/c1-23(2)17-9-5-6-10-18(17)25(3)20(23)12-15(26)13-29-22(28)16-8-4-7-11-19(16)30-14-21(24)27/h4-12H,13-14H2,1-3H3,(H2,24,27)/b20-12-. The van der Waals surface area contributed by atoms with Crippen molar-refractivity contribution in [3.05, 3.63) is 71.4 Å². The Morgan fingerprint density at radius 3 is 2.47 bits per heavy atom. The third kappa shape index (κ3) is 4.41. The van der Waals surface area contributed by atoms with Gasteiger partial charge in [-0.3, -0.25) is 9.59 Å². The molecule has 1 aliphatic rings. The first kappa shape index (κ1) is 21.6. The van der Waals surface area contributed by atoms with Crippen LogP contribution in [0.4, 0.5) is 5.69 Å². The average molecular weight is 425 g/mol. The molecule has 0 saturated heterocycles. The van der Waals surface area contributed by atoms with Crippen molar-refractivity contribution in [2.24, 2.45) is 5.73 Å². The SMILES string of the molecule is CN1/C(=C\C(=O)COC(=O)c2ccccc2SCC(N)=O)C(C)(C)c2ccccc21. The van der Waals surface area contributed by atoms with Crippen LogP contribution in [0.5, 0.6) is 0 Å². The number of fused-ring (bicyclic) bond motifs is 1. The second kappa shape index (κ2) is 8.75. The summed E-state index contributed by atoms with van der Waals surface area (Å²) in [5.41, 5.74) is 8.19. The first-order valence-corrected chi connectivity index (χ1v) is 10.5. The van der Waals surface area contributed by atoms with Crippen LogP contribution in [0.25, 0.3) is 0 Å². The van der Waals surface area contributed by atoms with Crippen molar-refractivity contribution in [1.82, 2.24) is 0 Å². The molecule has 2 N–H and O–H groups in total. The zero-order valence-electron chi connectivity index (χ0n) is 17.2. The van der Waals surface area contributed by atoms with Crippen LogP contribution in [0.1, 0.15) is 29.8 Å². The lowest BCUT2D eigenvalue weighted by molar-refractivity contribution is -0.117. The minimum atomic E-state index is -0.614. The molecule has 156 valence electrons. The van der Waals surface area contributed by atoms with E-state index in [-0.39, 0.29) is 23.6 Å². The number of thioether (sulfide) groups is 1. The molecule has 7 heteroatoms. The second-order valence-corrected chi connectivity index (χ2v) is 8.54. The van der Waals surface area contributed by atoms with E-state index in [0.717, 1.165) is 28.7 Å². The van der Waals surface area contributed by atoms with Gasteiger partial charge in [0.05, 0.1) is 11.3 Å². The summed E-state index contributed by atoms with van der Waals surface area (Å²) < 4.78 is 5.25. The normalized spacial score (nSPS) is 15.7. The minimum Gasteiger partial charge on any atom is -0.454 e. The molecule has 1 aliphatic heterocycles. The Morgan fingerprint density at radius 1 is 1.10 bits per heavy atom. The highest BCUT2D eigenvalue weighted by Gasteiger charge is 2.38. The predicted octanol–water partition coefficient (Wildman–Crippen LogP) is 3.30. The third-order valence-corrected chi connectivity index (χ3v) is 6.16. The number of nitrogens with zero attached hydrogens (tertiary/aromatic N) is 1. The molecule has 2 aromatic carbocycles. The molecule has 0 aromatic heterocycles. The summed E-state index contributed by atoms with van der Waals surface area (Å²) in [5.74, 6) is -1.34. The van der Waals surface area contributed by atoms with Crippen LogP contribution in [0.15, 0.2) is 65.2 Å². The molecule has 0 radical (unpaired) electrons. The number of carbonyl (C=O) groups excluding carboxylic acids is 3. The molecule has 1 heterocycles. The van der Waals surface area contributed by atoms with Gasteiger partial charge in [-0.15, -0.1) is 11.8 Å². The fourth-order valence-electron chi connectivity index (χ4n) is 3.58. The van der Waals surface area contributed by atoms with E-state index in [9.17, 15) is 14.4 Å². The van der Waals surface area contributed by atoms with Crippen molar-refractivity contribution < 1.29 is 19.1 Å². The number of esters is 1. The van der Waals surface area contributed by atoms with Crippen molar-refractivity contribution in [3.8, 4) is 0 Å². The summed E-state index contributed by atoms with van der Waals surface area (Å²) in [5, 5.41) is 0. The van der Waals surface area contributed by atoms with Gasteiger partial charge < -0.3 is 15.4 Å². The van der Waals surface area contributed by atoms with E-state index >= 15 is 0 Å². The van der Waals surface area contributed by atoms with Crippen LogP contribution in [0, 0.1) is 0 Å². The van der Waals surface area contributed by atoms with E-state index in [2.05, 4.69) is 19.9 Å². The number of anilines is 1. The molecule has 6 nitrogen and oxygen atoms in total. The van der Waals surface area contributed by atoms with Gasteiger partial charge in [0.1, 0.15) is 0 Å². The molecule has 0 aliphatic carbocycles. The fraction of sp³-hybridized carbons (Fsp3) is 0.261. The number of allylic oxidation sites excluding steroid dienone is 1. The van der Waals surface area contributed by atoms with Gasteiger partial charge in [0.2, 0.25) is 5.91 Å². The van der Waals surface area contributed by atoms with E-state index in [4.69, 9.17) is 10.5 Å². The number of rotatable bonds is 7. The maximum atomic E-state index is 12.6. The van der Waals surface area contributed by atoms with Crippen LogP contribution < -0.4 is 10.6 Å². The maximum Gasteiger partial charge on any atom is 0.339 e. The van der Waals surface area contributed by atoms with Crippen LogP contribution >= 0.6 is 11.8 Å². The third-order valence-electron chi connectivity index (χ3n) is 5.06. The number of primary amides is 1. The summed E-state index contributed by atoms with van der Waals surface area (Å²) in [4.78, 5) is 38.7. The molecule has 3 rings (SSSR count). The van der Waals surface area contributed by atoms with Crippen molar-refractivity contribution >= 4 is 35.1 Å². The molecular formula is C23H24N2O4S. The van der Waals surface area contributed by atoms with Crippen molar-refractivity contribution in [1.29, 1.82) is 0 Å². The van der Waals surface area contributed by atoms with Crippen LogP contribution in [0.2, 0.25) is 0 Å². The van der Waals surface area contributed by atoms with Gasteiger partial charge >= 0.3 is 5.97 Å². The van der Waals surface area contributed by atoms with Crippen molar-refractivity contribution in [2.75, 3.05) is 24.3 Å². The maximum absolute atomic E-state index is 12.6. The van der Waals surface area contributed by atoms with E-state index in [1.165, 1.54) is 0 Å². The summed E-state index contributed by atoms with van der Waals surface area (Å²) in [7, 11) is 1.92. The molecule has 1 amide bonds. The summed E-state index contributed by atoms with van der Waals surface area (Å²) in [6.07, 6.45) is 1.54. The number of benzene rings is 2. The van der Waals surface area contributed by atoms with Gasteiger partial charge in [-0.2, -0.15) is 0 Å². The van der Waals surface area contributed by atoms with Crippen LogP contribution in [-0.2, 0) is 19.7 Å². The lowest BCUT2D eigenvalue weighted by atomic mass is 9.83. The lowest BCUT2D eigenvalue weighted by Crippen LogP contribution is -2.25. The number of amides is 1. The van der Waals surface area contributed by atoms with Crippen LogP contribution in [-0.4, -0.2) is 37.1 Å². The van der Waals surface area contributed by atoms with E-state index in [0.29, 0.717) is 10.5 Å². The van der Waals surface area contributed by atoms with Crippen molar-refractivity contribution in [2.45, 2.75) is 24.2 Å². The van der Waals surface area contributed by atoms with Gasteiger partial charge in [0.25, 0.3) is 0 Å². The Kier molecular flexibility index (Phi) is 6.31. The van der Waals surface area contributed by atoms with E-state index in [1.807, 2.05) is 30.1 Å². The largest absolute Gasteiger partial charge is 0.454 e. The Morgan fingerprint density at radius 2 is 1.77 bits per heavy atom. The van der Waals surface area contributed by atoms with E-state index < -0.39 is 11.9 Å². The number of para-hydroxylation sites is 1. The molecular weight excluding hydrogens is 400 g/mol. The Hall–Kier alpha value is -3.06. The topological polar surface area (TPSA) is 89.7 Å². The van der Waals surface area contributed by atoms with Crippen molar-refractivity contribution in [3.63, 3.8) is 0 Å². The van der Waals surface area contributed by atoms with Gasteiger partial charge in [0.15, 0.2) is 12.4 Å².